The summed E-state index contributed by atoms with van der Waals surface area (Å²) in [5.41, 5.74) is 8.93. The number of imidazole rings is 1. The predicted molar refractivity (Wildman–Crippen MR) is 73.8 cm³/mol. The first kappa shape index (κ1) is 11.9. The van der Waals surface area contributed by atoms with Crippen LogP contribution in [0.4, 0.5) is 0 Å². The highest BCUT2D eigenvalue weighted by molar-refractivity contribution is 5.37. The quantitative estimate of drug-likeness (QED) is 0.770. The van der Waals surface area contributed by atoms with Crippen LogP contribution in [0.2, 0.25) is 0 Å². The van der Waals surface area contributed by atoms with E-state index < -0.39 is 0 Å². The van der Waals surface area contributed by atoms with Crippen LogP contribution in [0.5, 0.6) is 0 Å². The Morgan fingerprint density at radius 1 is 1.21 bits per heavy atom. The van der Waals surface area contributed by atoms with Gasteiger partial charge in [0.2, 0.25) is 5.78 Å². The maximum Gasteiger partial charge on any atom is 0.232 e. The molecule has 0 fully saturated rings. The molecule has 1 aromatic carbocycles. The second-order valence-corrected chi connectivity index (χ2v) is 4.70. The largest absolute Gasteiger partial charge is 0.325 e. The lowest BCUT2D eigenvalue weighted by Gasteiger charge is -2.00. The normalized spacial score (nSPS) is 11.3. The zero-order chi connectivity index (χ0) is 13.4. The second kappa shape index (κ2) is 4.51. The Morgan fingerprint density at radius 3 is 2.63 bits per heavy atom. The molecule has 2 N–H and O–H groups in total. The number of hydrogen-bond acceptors (Lipinski definition) is 3. The second-order valence-electron chi connectivity index (χ2n) is 4.70. The highest BCUT2D eigenvalue weighted by Gasteiger charge is 2.15. The van der Waals surface area contributed by atoms with Crippen molar-refractivity contribution in [3.63, 3.8) is 0 Å². The summed E-state index contributed by atoms with van der Waals surface area (Å²) in [5, 5.41) is 4.64. The number of nitrogens with two attached hydrogens (primary N) is 1. The van der Waals surface area contributed by atoms with Gasteiger partial charge in [-0.25, -0.2) is 4.98 Å². The Labute approximate surface area is 111 Å². The molecule has 0 amide bonds. The molecule has 0 aliphatic rings. The lowest BCUT2D eigenvalue weighted by atomic mass is 10.1. The van der Waals surface area contributed by atoms with Crippen molar-refractivity contribution in [1.29, 1.82) is 0 Å². The summed E-state index contributed by atoms with van der Waals surface area (Å²) in [6.45, 7) is 2.42. The molecule has 2 heterocycles. The van der Waals surface area contributed by atoms with Crippen LogP contribution < -0.4 is 5.73 Å². The molecule has 5 heteroatoms. The molecule has 3 rings (SSSR count). The molecule has 0 saturated heterocycles. The van der Waals surface area contributed by atoms with Crippen molar-refractivity contribution in [1.82, 2.24) is 19.2 Å². The molecule has 0 unspecified atom stereocenters. The van der Waals surface area contributed by atoms with E-state index in [1.165, 1.54) is 5.56 Å². The number of hydrogen-bond donors (Lipinski definition) is 1. The minimum atomic E-state index is 0.453. The first-order chi connectivity index (χ1) is 9.20. The molecule has 0 spiro atoms. The summed E-state index contributed by atoms with van der Waals surface area (Å²) < 4.78 is 3.88. The van der Waals surface area contributed by atoms with Crippen LogP contribution in [-0.2, 0) is 20.0 Å². The Bertz CT molecular complexity index is 708. The third-order valence-electron chi connectivity index (χ3n) is 3.43. The summed E-state index contributed by atoms with van der Waals surface area (Å²) in [6, 6.07) is 10.3. The molecule has 0 atom stereocenters. The first-order valence-electron chi connectivity index (χ1n) is 6.34. The highest BCUT2D eigenvalue weighted by Crippen LogP contribution is 2.14. The van der Waals surface area contributed by atoms with E-state index in [-0.39, 0.29) is 0 Å². The first-order valence-corrected chi connectivity index (χ1v) is 6.34. The molecule has 0 bridgehead atoms. The molecule has 0 aliphatic heterocycles. The molecular weight excluding hydrogens is 238 g/mol. The average molecular weight is 255 g/mol. The molecule has 3 aromatic rings. The van der Waals surface area contributed by atoms with Gasteiger partial charge >= 0.3 is 0 Å². The Kier molecular flexibility index (Phi) is 2.83. The minimum Gasteiger partial charge on any atom is -0.325 e. The maximum atomic E-state index is 5.76. The summed E-state index contributed by atoms with van der Waals surface area (Å²) in [6.07, 6.45) is 0.795. The fourth-order valence-corrected chi connectivity index (χ4v) is 2.32. The van der Waals surface area contributed by atoms with E-state index in [2.05, 4.69) is 22.2 Å². The number of aryl methyl sites for hydroxylation is 2. The van der Waals surface area contributed by atoms with Gasteiger partial charge in [-0.3, -0.25) is 4.57 Å². The van der Waals surface area contributed by atoms with E-state index in [1.807, 2.05) is 41.3 Å². The third kappa shape index (κ3) is 1.92. The zero-order valence-electron chi connectivity index (χ0n) is 11.2. The summed E-state index contributed by atoms with van der Waals surface area (Å²) >= 11 is 0. The van der Waals surface area contributed by atoms with E-state index in [0.717, 1.165) is 29.4 Å². The highest BCUT2D eigenvalue weighted by atomic mass is 15.4. The molecular formula is C14H17N5. The topological polar surface area (TPSA) is 61.1 Å². The van der Waals surface area contributed by atoms with Crippen LogP contribution in [-0.4, -0.2) is 19.2 Å². The fourth-order valence-electron chi connectivity index (χ4n) is 2.32. The van der Waals surface area contributed by atoms with E-state index in [0.29, 0.717) is 6.54 Å². The monoisotopic (exact) mass is 255 g/mol. The number of rotatable bonds is 3. The van der Waals surface area contributed by atoms with Gasteiger partial charge in [0.1, 0.15) is 5.82 Å². The van der Waals surface area contributed by atoms with Crippen LogP contribution in [0.25, 0.3) is 5.78 Å². The van der Waals surface area contributed by atoms with Crippen molar-refractivity contribution >= 4 is 5.78 Å². The average Bonchev–Trinajstić information content (AvgIpc) is 2.88. The van der Waals surface area contributed by atoms with Crippen molar-refractivity contribution in [2.45, 2.75) is 19.9 Å². The summed E-state index contributed by atoms with van der Waals surface area (Å²) in [4.78, 5) is 4.53. The Morgan fingerprint density at radius 2 is 1.95 bits per heavy atom. The van der Waals surface area contributed by atoms with Crippen LogP contribution in [0.3, 0.4) is 0 Å². The van der Waals surface area contributed by atoms with E-state index in [9.17, 15) is 0 Å². The van der Waals surface area contributed by atoms with Gasteiger partial charge in [0.05, 0.1) is 11.4 Å². The smallest absolute Gasteiger partial charge is 0.232 e. The molecule has 2 aromatic heterocycles. The summed E-state index contributed by atoms with van der Waals surface area (Å²) in [7, 11) is 1.99. The molecule has 0 aliphatic carbocycles. The number of nitrogens with zero attached hydrogens (tertiary/aromatic N) is 4. The predicted octanol–water partition coefficient (Wildman–Crippen LogP) is 1.43. The van der Waals surface area contributed by atoms with E-state index in [4.69, 9.17) is 5.73 Å². The molecule has 19 heavy (non-hydrogen) atoms. The van der Waals surface area contributed by atoms with Gasteiger partial charge in [-0.05, 0) is 12.5 Å². The molecule has 98 valence electrons. The fraction of sp³-hybridized carbons (Fsp3) is 0.286. The summed E-state index contributed by atoms with van der Waals surface area (Å²) in [5.74, 6) is 1.84. The van der Waals surface area contributed by atoms with Gasteiger partial charge in [-0.15, -0.1) is 0 Å². The number of aromatic nitrogens is 4. The van der Waals surface area contributed by atoms with Crippen LogP contribution >= 0.6 is 0 Å². The Hall–Kier alpha value is -2.14. The van der Waals surface area contributed by atoms with E-state index in [1.54, 1.807) is 0 Å². The van der Waals surface area contributed by atoms with Gasteiger partial charge in [-0.1, -0.05) is 30.3 Å². The Balaban J connectivity index is 2.06. The molecule has 5 nitrogen and oxygen atoms in total. The lowest BCUT2D eigenvalue weighted by molar-refractivity contribution is 0.802. The number of benzene rings is 1. The van der Waals surface area contributed by atoms with Gasteiger partial charge in [0, 0.05) is 20.0 Å². The van der Waals surface area contributed by atoms with Gasteiger partial charge < -0.3 is 5.73 Å². The van der Waals surface area contributed by atoms with Gasteiger partial charge in [0.15, 0.2) is 0 Å². The third-order valence-corrected chi connectivity index (χ3v) is 3.43. The van der Waals surface area contributed by atoms with Gasteiger partial charge in [0.25, 0.3) is 0 Å². The van der Waals surface area contributed by atoms with Crippen molar-refractivity contribution in [2.75, 3.05) is 0 Å². The van der Waals surface area contributed by atoms with Crippen LogP contribution in [0.15, 0.2) is 30.3 Å². The SMILES string of the molecule is Cc1nc2n(C)c(Cc3ccccc3)nn2c1CN. The maximum absolute atomic E-state index is 5.76. The zero-order valence-corrected chi connectivity index (χ0v) is 11.2. The van der Waals surface area contributed by atoms with Gasteiger partial charge in [-0.2, -0.15) is 9.61 Å². The lowest BCUT2D eigenvalue weighted by Crippen LogP contribution is -2.04. The van der Waals surface area contributed by atoms with Crippen molar-refractivity contribution in [3.8, 4) is 0 Å². The molecule has 0 saturated carbocycles. The van der Waals surface area contributed by atoms with Crippen LogP contribution in [0.1, 0.15) is 22.8 Å². The number of fused-ring (bicyclic) bond motifs is 1. The van der Waals surface area contributed by atoms with Crippen molar-refractivity contribution < 1.29 is 0 Å². The molecule has 0 radical (unpaired) electrons. The van der Waals surface area contributed by atoms with E-state index >= 15 is 0 Å². The van der Waals surface area contributed by atoms with Crippen molar-refractivity contribution in [3.05, 3.63) is 53.1 Å². The van der Waals surface area contributed by atoms with Crippen LogP contribution in [0, 0.1) is 6.92 Å². The van der Waals surface area contributed by atoms with Crippen molar-refractivity contribution in [2.24, 2.45) is 12.8 Å². The standard InChI is InChI=1S/C14H17N5/c1-10-12(9-15)19-14(16-10)18(2)13(17-19)8-11-6-4-3-5-7-11/h3-7H,8-9,15H2,1-2H3. The minimum absolute atomic E-state index is 0.453.